The summed E-state index contributed by atoms with van der Waals surface area (Å²) in [5.74, 6) is 0.187. The van der Waals surface area contributed by atoms with Crippen LogP contribution in [0.25, 0.3) is 0 Å². The second-order valence-corrected chi connectivity index (χ2v) is 6.66. The fourth-order valence-electron chi connectivity index (χ4n) is 3.45. The smallest absolute Gasteiger partial charge is 0.225 e. The van der Waals surface area contributed by atoms with Gasteiger partial charge in [0, 0.05) is 38.8 Å². The standard InChI is InChI=1S/C18H27N3O2.2ClH/c19-16-7-4-8-21(13-16)18(22)11-17-14-20(9-10-23-17)12-15-5-2-1-3-6-15;;/h1-3,5-6,16-17H,4,7-14,19H2;2*1H. The van der Waals surface area contributed by atoms with Crippen LogP contribution in [0.5, 0.6) is 0 Å². The summed E-state index contributed by atoms with van der Waals surface area (Å²) >= 11 is 0. The lowest BCUT2D eigenvalue weighted by molar-refractivity contribution is -0.137. The van der Waals surface area contributed by atoms with Crippen LogP contribution in [0, 0.1) is 0 Å². The molecule has 1 aromatic carbocycles. The highest BCUT2D eigenvalue weighted by molar-refractivity contribution is 5.85. The van der Waals surface area contributed by atoms with Crippen molar-refractivity contribution in [3.8, 4) is 0 Å². The molecular weight excluding hydrogens is 361 g/mol. The van der Waals surface area contributed by atoms with Gasteiger partial charge in [0.2, 0.25) is 5.91 Å². The molecule has 0 aliphatic carbocycles. The zero-order valence-electron chi connectivity index (χ0n) is 14.5. The number of halogens is 2. The maximum Gasteiger partial charge on any atom is 0.225 e. The van der Waals surface area contributed by atoms with Gasteiger partial charge >= 0.3 is 0 Å². The fraction of sp³-hybridized carbons (Fsp3) is 0.611. The number of carbonyl (C=O) groups excluding carboxylic acids is 1. The number of hydrogen-bond acceptors (Lipinski definition) is 4. The van der Waals surface area contributed by atoms with Crippen molar-refractivity contribution in [1.29, 1.82) is 0 Å². The number of nitrogens with zero attached hydrogens (tertiary/aromatic N) is 2. The van der Waals surface area contributed by atoms with Gasteiger partial charge in [0.05, 0.1) is 19.1 Å². The monoisotopic (exact) mass is 389 g/mol. The Balaban J connectivity index is 0.00000156. The third kappa shape index (κ3) is 6.76. The van der Waals surface area contributed by atoms with Gasteiger partial charge in [-0.25, -0.2) is 0 Å². The molecule has 7 heteroatoms. The number of hydrogen-bond donors (Lipinski definition) is 1. The number of ether oxygens (including phenoxy) is 1. The largest absolute Gasteiger partial charge is 0.375 e. The number of morpholine rings is 1. The van der Waals surface area contributed by atoms with E-state index >= 15 is 0 Å². The van der Waals surface area contributed by atoms with E-state index in [1.807, 2.05) is 11.0 Å². The molecule has 1 aromatic rings. The van der Waals surface area contributed by atoms with Crippen molar-refractivity contribution in [3.05, 3.63) is 35.9 Å². The van der Waals surface area contributed by atoms with Crippen LogP contribution in [0.3, 0.4) is 0 Å². The lowest BCUT2D eigenvalue weighted by Crippen LogP contribution is -2.48. The van der Waals surface area contributed by atoms with E-state index in [2.05, 4.69) is 29.2 Å². The quantitative estimate of drug-likeness (QED) is 0.855. The summed E-state index contributed by atoms with van der Waals surface area (Å²) in [4.78, 5) is 16.7. The first-order chi connectivity index (χ1) is 11.2. The maximum atomic E-state index is 12.4. The highest BCUT2D eigenvalue weighted by Gasteiger charge is 2.27. The third-order valence-corrected chi connectivity index (χ3v) is 4.68. The molecule has 3 rings (SSSR count). The Bertz CT molecular complexity index is 518. The van der Waals surface area contributed by atoms with Crippen LogP contribution in [-0.2, 0) is 16.1 Å². The van der Waals surface area contributed by atoms with Crippen molar-refractivity contribution < 1.29 is 9.53 Å². The SMILES string of the molecule is Cl.Cl.NC1CCCN(C(=O)CC2CN(Cc3ccccc3)CCO2)C1. The van der Waals surface area contributed by atoms with Crippen LogP contribution in [0.15, 0.2) is 30.3 Å². The van der Waals surface area contributed by atoms with E-state index < -0.39 is 0 Å². The lowest BCUT2D eigenvalue weighted by Gasteiger charge is -2.35. The summed E-state index contributed by atoms with van der Waals surface area (Å²) in [5, 5.41) is 0. The molecule has 2 saturated heterocycles. The molecule has 0 spiro atoms. The molecule has 0 bridgehead atoms. The molecule has 0 saturated carbocycles. The van der Waals surface area contributed by atoms with Crippen molar-refractivity contribution in [3.63, 3.8) is 0 Å². The number of nitrogens with two attached hydrogens (primary N) is 1. The van der Waals surface area contributed by atoms with Gasteiger partial charge in [-0.05, 0) is 18.4 Å². The van der Waals surface area contributed by atoms with E-state index in [1.165, 1.54) is 5.56 Å². The van der Waals surface area contributed by atoms with Gasteiger partial charge in [0.15, 0.2) is 0 Å². The van der Waals surface area contributed by atoms with Crippen LogP contribution in [0.1, 0.15) is 24.8 Å². The number of likely N-dealkylation sites (tertiary alicyclic amines) is 1. The van der Waals surface area contributed by atoms with E-state index in [-0.39, 0.29) is 42.9 Å². The number of carbonyl (C=O) groups is 1. The molecule has 2 N–H and O–H groups in total. The van der Waals surface area contributed by atoms with Gasteiger partial charge in [-0.3, -0.25) is 9.69 Å². The summed E-state index contributed by atoms with van der Waals surface area (Å²) in [6.07, 6.45) is 2.50. The van der Waals surface area contributed by atoms with Gasteiger partial charge < -0.3 is 15.4 Å². The summed E-state index contributed by atoms with van der Waals surface area (Å²) in [5.41, 5.74) is 7.28. The van der Waals surface area contributed by atoms with Crippen LogP contribution in [-0.4, -0.2) is 60.6 Å². The fourth-order valence-corrected chi connectivity index (χ4v) is 3.45. The highest BCUT2D eigenvalue weighted by atomic mass is 35.5. The van der Waals surface area contributed by atoms with Crippen molar-refractivity contribution in [2.45, 2.75) is 38.0 Å². The molecule has 1 amide bonds. The summed E-state index contributed by atoms with van der Waals surface area (Å²) in [6.45, 7) is 4.90. The molecule has 2 aliphatic rings. The number of benzene rings is 1. The minimum atomic E-state index is -0.00175. The average molecular weight is 390 g/mol. The van der Waals surface area contributed by atoms with E-state index in [0.717, 1.165) is 39.0 Å². The van der Waals surface area contributed by atoms with Crippen LogP contribution in [0.4, 0.5) is 0 Å². The highest BCUT2D eigenvalue weighted by Crippen LogP contribution is 2.15. The number of amides is 1. The molecule has 2 heterocycles. The van der Waals surface area contributed by atoms with Crippen LogP contribution < -0.4 is 5.73 Å². The zero-order chi connectivity index (χ0) is 16.1. The molecule has 25 heavy (non-hydrogen) atoms. The Labute approximate surface area is 162 Å². The molecule has 2 atom stereocenters. The maximum absolute atomic E-state index is 12.4. The van der Waals surface area contributed by atoms with Gasteiger partial charge in [-0.15, -0.1) is 24.8 Å². The molecule has 0 radical (unpaired) electrons. The van der Waals surface area contributed by atoms with Gasteiger partial charge in [-0.2, -0.15) is 0 Å². The second-order valence-electron chi connectivity index (χ2n) is 6.66. The number of piperidine rings is 1. The second kappa shape index (κ2) is 11.0. The molecule has 2 aliphatic heterocycles. The molecule has 0 aromatic heterocycles. The first-order valence-electron chi connectivity index (χ1n) is 8.62. The third-order valence-electron chi connectivity index (χ3n) is 4.68. The van der Waals surface area contributed by atoms with E-state index in [4.69, 9.17) is 10.5 Å². The predicted octanol–water partition coefficient (Wildman–Crippen LogP) is 2.07. The summed E-state index contributed by atoms with van der Waals surface area (Å²) < 4.78 is 5.81. The van der Waals surface area contributed by atoms with Gasteiger partial charge in [-0.1, -0.05) is 30.3 Å². The molecule has 5 nitrogen and oxygen atoms in total. The minimum absolute atomic E-state index is 0. The first kappa shape index (κ1) is 22.2. The molecule has 2 unspecified atom stereocenters. The topological polar surface area (TPSA) is 58.8 Å². The summed E-state index contributed by atoms with van der Waals surface area (Å²) in [7, 11) is 0. The van der Waals surface area contributed by atoms with Crippen molar-refractivity contribution in [2.24, 2.45) is 5.73 Å². The summed E-state index contributed by atoms with van der Waals surface area (Å²) in [6, 6.07) is 10.6. The molecule has 2 fully saturated rings. The minimum Gasteiger partial charge on any atom is -0.375 e. The Hall–Kier alpha value is -0.850. The van der Waals surface area contributed by atoms with E-state index in [9.17, 15) is 4.79 Å². The van der Waals surface area contributed by atoms with Crippen molar-refractivity contribution in [2.75, 3.05) is 32.8 Å². The van der Waals surface area contributed by atoms with E-state index in [1.54, 1.807) is 0 Å². The van der Waals surface area contributed by atoms with Gasteiger partial charge in [0.1, 0.15) is 0 Å². The van der Waals surface area contributed by atoms with E-state index in [0.29, 0.717) is 19.6 Å². The average Bonchev–Trinajstić information content (AvgIpc) is 2.56. The Morgan fingerprint density at radius 1 is 1.16 bits per heavy atom. The normalized spacial score (nSPS) is 24.1. The van der Waals surface area contributed by atoms with Gasteiger partial charge in [0.25, 0.3) is 0 Å². The van der Waals surface area contributed by atoms with Crippen molar-refractivity contribution >= 4 is 30.7 Å². The molecular formula is C18H29Cl2N3O2. The van der Waals surface area contributed by atoms with Crippen molar-refractivity contribution in [1.82, 2.24) is 9.80 Å². The Morgan fingerprint density at radius 3 is 2.64 bits per heavy atom. The lowest BCUT2D eigenvalue weighted by atomic mass is 10.1. The number of rotatable bonds is 4. The van der Waals surface area contributed by atoms with Crippen LogP contribution >= 0.6 is 24.8 Å². The predicted molar refractivity (Wildman–Crippen MR) is 104 cm³/mol. The zero-order valence-corrected chi connectivity index (χ0v) is 16.1. The Morgan fingerprint density at radius 2 is 1.92 bits per heavy atom. The molecule has 142 valence electrons. The Kier molecular flexibility index (Phi) is 9.75. The van der Waals surface area contributed by atoms with Crippen LogP contribution in [0.2, 0.25) is 0 Å². The first-order valence-corrected chi connectivity index (χ1v) is 8.62.